The summed E-state index contributed by atoms with van der Waals surface area (Å²) >= 11 is 5.13. The maximum Gasteiger partial charge on any atom is 0.159 e. The van der Waals surface area contributed by atoms with Crippen molar-refractivity contribution in [2.45, 2.75) is 48.5 Å². The van der Waals surface area contributed by atoms with Crippen LogP contribution >= 0.6 is 27.3 Å². The first-order valence-electron chi connectivity index (χ1n) is 17.7. The second-order valence-corrected chi connectivity index (χ2v) is 15.6. The Hall–Kier alpha value is -6.12. The van der Waals surface area contributed by atoms with Crippen LogP contribution in [0.25, 0.3) is 78.2 Å². The first-order chi connectivity index (χ1) is 26.5. The number of thiophene rings is 1. The number of aromatic nitrogens is 12. The highest BCUT2D eigenvalue weighted by molar-refractivity contribution is 9.10. The molecule has 0 atom stereocenters. The highest BCUT2D eigenvalue weighted by Gasteiger charge is 2.13. The molecule has 276 valence electrons. The largest absolute Gasteiger partial charge is 0.337 e. The Bertz CT molecular complexity index is 2820. The van der Waals surface area contributed by atoms with E-state index in [1.54, 1.807) is 17.5 Å². The number of halogens is 1. The van der Waals surface area contributed by atoms with E-state index in [2.05, 4.69) is 166 Å². The minimum absolute atomic E-state index is 0.800. The molecule has 7 aromatic heterocycles. The fourth-order valence-electron chi connectivity index (χ4n) is 6.15. The van der Waals surface area contributed by atoms with Gasteiger partial charge in [0, 0.05) is 5.69 Å². The standard InChI is InChI=1S/C16H14N4S.C13H14N4.C12H11BrN4/c1-9-6-11-12(7-10(9)2)18-16(17-11)14-8-13(19-20-14)15-4-3-5-21-15;1-7-4-10-11(5-8(7)2)15-13(14-10)12-6-9(3)16-17-12;1-6-3-9-10(4-7(6)2)16-12(15-9)11-8(13)5-14-17-11/h3-8H,1-2H3,(H,17,18)(H,19,20);4-6H,1-3H3,(H,14,15)(H,16,17);3-5H,1-2H3,(H,14,17)(H,15,16). The highest BCUT2D eigenvalue weighted by Crippen LogP contribution is 2.29. The Morgan fingerprint density at radius 3 is 1.51 bits per heavy atom. The molecule has 0 amide bonds. The van der Waals surface area contributed by atoms with Gasteiger partial charge in [-0.05, 0) is 158 Å². The fraction of sp³-hybridized carbons (Fsp3) is 0.171. The molecule has 0 saturated carbocycles. The summed E-state index contributed by atoms with van der Waals surface area (Å²) in [6.07, 6.45) is 1.72. The number of aromatic amines is 6. The number of nitrogens with zero attached hydrogens (tertiary/aromatic N) is 6. The van der Waals surface area contributed by atoms with Crippen molar-refractivity contribution in [1.82, 2.24) is 60.5 Å². The summed E-state index contributed by atoms with van der Waals surface area (Å²) in [7, 11) is 0. The Labute approximate surface area is 328 Å². The Balaban J connectivity index is 0.000000118. The average molecular weight is 812 g/mol. The van der Waals surface area contributed by atoms with Crippen molar-refractivity contribution in [2.24, 2.45) is 0 Å². The second-order valence-electron chi connectivity index (χ2n) is 13.8. The predicted molar refractivity (Wildman–Crippen MR) is 225 cm³/mol. The van der Waals surface area contributed by atoms with Gasteiger partial charge in [0.2, 0.25) is 0 Å². The first-order valence-corrected chi connectivity index (χ1v) is 19.4. The third-order valence-electron chi connectivity index (χ3n) is 9.68. The van der Waals surface area contributed by atoms with E-state index in [0.717, 1.165) is 83.5 Å². The van der Waals surface area contributed by atoms with Gasteiger partial charge in [0.1, 0.15) is 17.1 Å². The van der Waals surface area contributed by atoms with E-state index in [0.29, 0.717) is 0 Å². The van der Waals surface area contributed by atoms with Gasteiger partial charge in [-0.2, -0.15) is 15.3 Å². The van der Waals surface area contributed by atoms with Crippen LogP contribution in [0, 0.1) is 48.5 Å². The van der Waals surface area contributed by atoms with Gasteiger partial charge in [0.25, 0.3) is 0 Å². The van der Waals surface area contributed by atoms with Crippen molar-refractivity contribution in [3.8, 4) is 45.1 Å². The number of H-pyrrole nitrogens is 6. The summed E-state index contributed by atoms with van der Waals surface area (Å²) in [5.41, 5.74) is 18.3. The van der Waals surface area contributed by atoms with Crippen LogP contribution in [0.4, 0.5) is 0 Å². The van der Waals surface area contributed by atoms with Crippen LogP contribution in [0.5, 0.6) is 0 Å². The van der Waals surface area contributed by atoms with Crippen molar-refractivity contribution >= 4 is 60.4 Å². The molecule has 0 aliphatic carbocycles. The maximum atomic E-state index is 4.64. The molecule has 0 saturated heterocycles. The molecule has 0 aliphatic heterocycles. The average Bonchev–Trinajstić information content (AvgIpc) is 3.99. The van der Waals surface area contributed by atoms with Gasteiger partial charge in [-0.25, -0.2) is 15.0 Å². The zero-order valence-corrected chi connectivity index (χ0v) is 33.8. The molecule has 6 N–H and O–H groups in total. The number of hydrogen-bond donors (Lipinski definition) is 6. The van der Waals surface area contributed by atoms with Crippen molar-refractivity contribution in [3.05, 3.63) is 116 Å². The van der Waals surface area contributed by atoms with E-state index >= 15 is 0 Å². The number of hydrogen-bond acceptors (Lipinski definition) is 7. The summed E-state index contributed by atoms with van der Waals surface area (Å²) in [6, 6.07) is 20.8. The van der Waals surface area contributed by atoms with E-state index < -0.39 is 0 Å². The third-order valence-corrected chi connectivity index (χ3v) is 11.2. The molecule has 10 rings (SSSR count). The molecular weight excluding hydrogens is 773 g/mol. The topological polar surface area (TPSA) is 172 Å². The van der Waals surface area contributed by atoms with Crippen LogP contribution < -0.4 is 0 Å². The monoisotopic (exact) mass is 810 g/mol. The lowest BCUT2D eigenvalue weighted by Crippen LogP contribution is -1.80. The molecule has 0 radical (unpaired) electrons. The van der Waals surface area contributed by atoms with Gasteiger partial charge < -0.3 is 15.0 Å². The zero-order valence-electron chi connectivity index (χ0n) is 31.4. The maximum absolute atomic E-state index is 4.64. The van der Waals surface area contributed by atoms with Crippen LogP contribution in [0.2, 0.25) is 0 Å². The lowest BCUT2D eigenvalue weighted by atomic mass is 10.1. The van der Waals surface area contributed by atoms with Crippen molar-refractivity contribution in [3.63, 3.8) is 0 Å². The number of imidazole rings is 3. The van der Waals surface area contributed by atoms with Crippen LogP contribution in [0.3, 0.4) is 0 Å². The molecule has 3 aromatic carbocycles. The van der Waals surface area contributed by atoms with Gasteiger partial charge in [-0.3, -0.25) is 15.3 Å². The van der Waals surface area contributed by atoms with Crippen molar-refractivity contribution in [2.75, 3.05) is 0 Å². The van der Waals surface area contributed by atoms with Crippen molar-refractivity contribution in [1.29, 1.82) is 0 Å². The lowest BCUT2D eigenvalue weighted by molar-refractivity contribution is 1.04. The van der Waals surface area contributed by atoms with Crippen LogP contribution in [0.1, 0.15) is 39.1 Å². The van der Waals surface area contributed by atoms with E-state index in [-0.39, 0.29) is 0 Å². The quantitative estimate of drug-likeness (QED) is 0.103. The second kappa shape index (κ2) is 14.6. The van der Waals surface area contributed by atoms with Crippen LogP contribution in [0.15, 0.2) is 76.7 Å². The smallest absolute Gasteiger partial charge is 0.159 e. The van der Waals surface area contributed by atoms with E-state index in [9.17, 15) is 0 Å². The summed E-state index contributed by atoms with van der Waals surface area (Å²) in [5.74, 6) is 2.41. The van der Waals surface area contributed by atoms with E-state index in [4.69, 9.17) is 0 Å². The van der Waals surface area contributed by atoms with Crippen LogP contribution in [-0.4, -0.2) is 60.5 Å². The molecule has 55 heavy (non-hydrogen) atoms. The molecule has 7 heterocycles. The molecule has 12 nitrogen and oxygen atoms in total. The Kier molecular flexibility index (Phi) is 9.53. The number of rotatable bonds is 4. The minimum atomic E-state index is 0.800. The molecule has 0 spiro atoms. The SMILES string of the molecule is Cc1cc(-c2nc3cc(C)c(C)cc3[nH]2)n[nH]1.Cc1cc2nc(-c3[nH]ncc3Br)[nH]c2cc1C.Cc1cc2nc(-c3cc(-c4cccs4)[nH]n3)[nH]c2cc1C. The molecular formula is C41H39BrN12S. The predicted octanol–water partition coefficient (Wildman–Crippen LogP) is 10.5. The lowest BCUT2D eigenvalue weighted by Gasteiger charge is -1.97. The third kappa shape index (κ3) is 7.38. The number of aryl methyl sites for hydroxylation is 7. The summed E-state index contributed by atoms with van der Waals surface area (Å²) in [4.78, 5) is 24.9. The number of nitrogens with one attached hydrogen (secondary N) is 6. The summed E-state index contributed by atoms with van der Waals surface area (Å²) < 4.78 is 0.907. The summed E-state index contributed by atoms with van der Waals surface area (Å²) in [6.45, 7) is 14.6. The fourth-order valence-corrected chi connectivity index (χ4v) is 7.22. The van der Waals surface area contributed by atoms with Crippen molar-refractivity contribution < 1.29 is 0 Å². The molecule has 14 heteroatoms. The summed E-state index contributed by atoms with van der Waals surface area (Å²) in [5, 5.41) is 23.5. The Morgan fingerprint density at radius 2 is 1.04 bits per heavy atom. The van der Waals surface area contributed by atoms with Gasteiger partial charge in [-0.15, -0.1) is 11.3 Å². The van der Waals surface area contributed by atoms with Gasteiger partial charge in [0.05, 0.1) is 54.3 Å². The highest BCUT2D eigenvalue weighted by atomic mass is 79.9. The molecule has 0 fully saturated rings. The van der Waals surface area contributed by atoms with Gasteiger partial charge in [-0.1, -0.05) is 6.07 Å². The zero-order chi connectivity index (χ0) is 38.4. The van der Waals surface area contributed by atoms with Gasteiger partial charge >= 0.3 is 0 Å². The molecule has 0 aliphatic rings. The van der Waals surface area contributed by atoms with Gasteiger partial charge in [0.15, 0.2) is 17.5 Å². The van der Waals surface area contributed by atoms with Crippen LogP contribution in [-0.2, 0) is 0 Å². The molecule has 0 unspecified atom stereocenters. The minimum Gasteiger partial charge on any atom is -0.337 e. The van der Waals surface area contributed by atoms with E-state index in [1.165, 1.54) is 38.3 Å². The van der Waals surface area contributed by atoms with E-state index in [1.807, 2.05) is 25.1 Å². The molecule has 10 aromatic rings. The normalized spacial score (nSPS) is 11.3. The number of benzene rings is 3. The first kappa shape index (κ1) is 35.9. The Morgan fingerprint density at radius 1 is 0.545 bits per heavy atom. The molecule has 0 bridgehead atoms. The number of fused-ring (bicyclic) bond motifs is 3.